The van der Waals surface area contributed by atoms with Gasteiger partial charge in [0, 0.05) is 31.3 Å². The van der Waals surface area contributed by atoms with Crippen molar-refractivity contribution in [2.75, 3.05) is 0 Å². The molecule has 1 aromatic heterocycles. The minimum absolute atomic E-state index is 0.374. The van der Waals surface area contributed by atoms with Crippen molar-refractivity contribution in [3.63, 3.8) is 0 Å². The number of cyclic esters (lactones) is 1. The fourth-order valence-corrected chi connectivity index (χ4v) is 4.95. The van der Waals surface area contributed by atoms with Gasteiger partial charge in [0.25, 0.3) is 0 Å². The highest BCUT2D eigenvalue weighted by Gasteiger charge is 2.39. The van der Waals surface area contributed by atoms with Gasteiger partial charge in [-0.1, -0.05) is 25.1 Å². The van der Waals surface area contributed by atoms with E-state index in [1.165, 1.54) is 10.6 Å². The Hall–Kier alpha value is -2.65. The van der Waals surface area contributed by atoms with Crippen LogP contribution in [0.4, 0.5) is 4.79 Å². The van der Waals surface area contributed by atoms with Gasteiger partial charge in [-0.05, 0) is 59.6 Å². The van der Waals surface area contributed by atoms with Crippen LogP contribution >= 0.6 is 0 Å². The number of rotatable bonds is 6. The molecule has 1 aliphatic rings. The number of nitrogens with one attached hydrogen (secondary N) is 1. The number of benzene rings is 1. The van der Waals surface area contributed by atoms with Crippen molar-refractivity contribution >= 4 is 34.0 Å². The Morgan fingerprint density at radius 2 is 1.78 bits per heavy atom. The molecule has 2 aromatic rings. The van der Waals surface area contributed by atoms with E-state index in [1.54, 1.807) is 20.0 Å². The molecule has 1 N–H and O–H groups in total. The molecule has 1 aromatic carbocycles. The summed E-state index contributed by atoms with van der Waals surface area (Å²) in [4.78, 5) is 25.5. The van der Waals surface area contributed by atoms with Crippen LogP contribution in [0.2, 0.25) is 0 Å². The molecule has 0 saturated heterocycles. The predicted molar refractivity (Wildman–Crippen MR) is 140 cm³/mol. The Morgan fingerprint density at radius 1 is 1.14 bits per heavy atom. The maximum absolute atomic E-state index is 13.4. The zero-order valence-electron chi connectivity index (χ0n) is 22.6. The minimum Gasteiger partial charge on any atom is -0.457 e. The fraction of sp³-hybridized carbons (Fsp3) is 0.556. The first kappa shape index (κ1) is 27.9. The summed E-state index contributed by atoms with van der Waals surface area (Å²) >= 11 is 0. The molecule has 198 valence electrons. The van der Waals surface area contributed by atoms with E-state index in [4.69, 9.17) is 14.2 Å². The summed E-state index contributed by atoms with van der Waals surface area (Å²) in [7, 11) is -1.46. The minimum atomic E-state index is -1.46. The van der Waals surface area contributed by atoms with Crippen molar-refractivity contribution in [1.82, 2.24) is 9.29 Å². The molecule has 1 aliphatic heterocycles. The van der Waals surface area contributed by atoms with Gasteiger partial charge in [-0.2, -0.15) is 0 Å². The number of carbonyl (C=O) groups is 2. The smallest absolute Gasteiger partial charge is 0.419 e. The zero-order valence-corrected chi connectivity index (χ0v) is 23.4. The van der Waals surface area contributed by atoms with Crippen LogP contribution in [0.25, 0.3) is 10.9 Å². The molecule has 0 spiro atoms. The van der Waals surface area contributed by atoms with Gasteiger partial charge in [-0.3, -0.25) is 4.57 Å². The molecule has 0 fully saturated rings. The molecule has 8 nitrogen and oxygen atoms in total. The van der Waals surface area contributed by atoms with E-state index in [0.29, 0.717) is 17.7 Å². The number of hydrogen-bond donors (Lipinski definition) is 1. The Labute approximate surface area is 215 Å². The van der Waals surface area contributed by atoms with Gasteiger partial charge < -0.3 is 14.2 Å². The van der Waals surface area contributed by atoms with Crippen molar-refractivity contribution in [1.29, 1.82) is 0 Å². The third kappa shape index (κ3) is 6.37. The van der Waals surface area contributed by atoms with Gasteiger partial charge in [0.1, 0.15) is 11.4 Å². The second kappa shape index (κ2) is 10.0. The number of fused-ring (bicyclic) bond motifs is 1. The summed E-state index contributed by atoms with van der Waals surface area (Å²) in [5, 5.41) is 0.809. The van der Waals surface area contributed by atoms with Crippen LogP contribution < -0.4 is 4.72 Å². The van der Waals surface area contributed by atoms with Crippen molar-refractivity contribution in [3.05, 3.63) is 47.9 Å². The van der Waals surface area contributed by atoms with Crippen molar-refractivity contribution in [2.24, 2.45) is 5.92 Å². The molecule has 2 heterocycles. The van der Waals surface area contributed by atoms with Crippen LogP contribution in [-0.4, -0.2) is 37.0 Å². The maximum atomic E-state index is 13.4. The van der Waals surface area contributed by atoms with E-state index >= 15 is 0 Å². The summed E-state index contributed by atoms with van der Waals surface area (Å²) in [6, 6.07) is 6.96. The highest BCUT2D eigenvalue weighted by atomic mass is 32.2. The van der Waals surface area contributed by atoms with Crippen LogP contribution in [0.1, 0.15) is 80.3 Å². The summed E-state index contributed by atoms with van der Waals surface area (Å²) in [5.74, 6) is -1.56. The Balaban J connectivity index is 2.20. The molecule has 9 heteroatoms. The van der Waals surface area contributed by atoms with Gasteiger partial charge in [0.05, 0.1) is 33.4 Å². The van der Waals surface area contributed by atoms with Gasteiger partial charge in [0.15, 0.2) is 0 Å². The third-order valence-electron chi connectivity index (χ3n) is 5.64. The third-order valence-corrected chi connectivity index (χ3v) is 7.22. The van der Waals surface area contributed by atoms with Crippen LogP contribution in [0.3, 0.4) is 0 Å². The summed E-state index contributed by atoms with van der Waals surface area (Å²) in [5.41, 5.74) is 0.748. The Kier molecular flexibility index (Phi) is 7.77. The van der Waals surface area contributed by atoms with Crippen molar-refractivity contribution < 1.29 is 28.0 Å². The number of esters is 1. The lowest BCUT2D eigenvalue weighted by atomic mass is 9.89. The number of hydrogen-bond acceptors (Lipinski definition) is 6. The van der Waals surface area contributed by atoms with Crippen LogP contribution in [0.5, 0.6) is 0 Å². The highest BCUT2D eigenvalue weighted by Crippen LogP contribution is 2.40. The Morgan fingerprint density at radius 3 is 2.33 bits per heavy atom. The second-order valence-corrected chi connectivity index (χ2v) is 13.4. The SMILES string of the molecule is CC[C@@H](C1=CC(=O)OC(C)(C)O1)C(N[S@@](=O)C(C)(C)C)c1cn(C(=O)OC(C)(C)C)c2ccccc12. The van der Waals surface area contributed by atoms with Crippen molar-refractivity contribution in [2.45, 2.75) is 90.9 Å². The molecule has 3 rings (SSSR count). The second-order valence-electron chi connectivity index (χ2n) is 11.4. The van der Waals surface area contributed by atoms with E-state index < -0.39 is 45.2 Å². The molecule has 36 heavy (non-hydrogen) atoms. The molecular formula is C27H38N2O6S. The lowest BCUT2D eigenvalue weighted by Crippen LogP contribution is -2.42. The van der Waals surface area contributed by atoms with Crippen LogP contribution in [0.15, 0.2) is 42.3 Å². The molecule has 0 amide bonds. The molecule has 0 saturated carbocycles. The lowest BCUT2D eigenvalue weighted by molar-refractivity contribution is -0.208. The number of ether oxygens (including phenoxy) is 3. The van der Waals surface area contributed by atoms with E-state index in [-0.39, 0.29) is 5.92 Å². The highest BCUT2D eigenvalue weighted by molar-refractivity contribution is 7.84. The lowest BCUT2D eigenvalue weighted by Gasteiger charge is -2.37. The van der Waals surface area contributed by atoms with E-state index in [0.717, 1.165) is 10.9 Å². The number of nitrogens with zero attached hydrogens (tertiary/aromatic N) is 1. The number of para-hydroxylation sites is 1. The topological polar surface area (TPSA) is 95.9 Å². The molecular weight excluding hydrogens is 480 g/mol. The van der Waals surface area contributed by atoms with Gasteiger partial charge in [-0.25, -0.2) is 18.5 Å². The molecule has 0 aliphatic carbocycles. The first-order valence-corrected chi connectivity index (χ1v) is 13.3. The van der Waals surface area contributed by atoms with Crippen LogP contribution in [0, 0.1) is 5.92 Å². The molecule has 0 bridgehead atoms. The number of carbonyl (C=O) groups excluding carboxylic acids is 2. The fourth-order valence-electron chi connectivity index (χ4n) is 4.08. The van der Waals surface area contributed by atoms with E-state index in [2.05, 4.69) is 4.72 Å². The average Bonchev–Trinajstić information content (AvgIpc) is 3.10. The maximum Gasteiger partial charge on any atom is 0.419 e. The normalized spacial score (nSPS) is 18.6. The van der Waals surface area contributed by atoms with Gasteiger partial charge in [-0.15, -0.1) is 0 Å². The first-order valence-electron chi connectivity index (χ1n) is 12.2. The van der Waals surface area contributed by atoms with Crippen molar-refractivity contribution in [3.8, 4) is 0 Å². The summed E-state index contributed by atoms with van der Waals surface area (Å²) in [6.07, 6.45) is 3.14. The summed E-state index contributed by atoms with van der Waals surface area (Å²) in [6.45, 7) is 16.4. The van der Waals surface area contributed by atoms with Crippen LogP contribution in [-0.2, 0) is 30.0 Å². The molecule has 3 atom stereocenters. The quantitative estimate of drug-likeness (QED) is 0.490. The largest absolute Gasteiger partial charge is 0.457 e. The van der Waals surface area contributed by atoms with Gasteiger partial charge >= 0.3 is 12.1 Å². The average molecular weight is 519 g/mol. The monoisotopic (exact) mass is 518 g/mol. The van der Waals surface area contributed by atoms with Gasteiger partial charge in [0.2, 0.25) is 5.79 Å². The Bertz CT molecular complexity index is 1200. The first-order chi connectivity index (χ1) is 16.5. The summed E-state index contributed by atoms with van der Waals surface area (Å²) < 4.78 is 34.6. The number of aromatic nitrogens is 1. The standard InChI is InChI=1S/C27H38N2O6S/c1-10-17(21-15-22(30)34-27(8,9)33-21)23(28-36(32)26(5,6)7)19-16-29(24(31)35-25(2,3)4)20-14-12-11-13-18(19)20/h11-17,23,28H,10H2,1-9H3/t17-,23?,36-/m0/s1. The molecule has 1 unspecified atom stereocenters. The predicted octanol–water partition coefficient (Wildman–Crippen LogP) is 5.74. The van der Waals surface area contributed by atoms with E-state index in [9.17, 15) is 13.8 Å². The zero-order chi connectivity index (χ0) is 27.1. The van der Waals surface area contributed by atoms with E-state index in [1.807, 2.05) is 72.7 Å². The molecule has 0 radical (unpaired) electrons.